The highest BCUT2D eigenvalue weighted by Crippen LogP contribution is 2.33. The molecule has 4 rings (SSSR count). The van der Waals surface area contributed by atoms with E-state index in [9.17, 15) is 4.39 Å². The summed E-state index contributed by atoms with van der Waals surface area (Å²) in [6, 6.07) is 8.19. The van der Waals surface area contributed by atoms with Crippen molar-refractivity contribution in [1.82, 2.24) is 19.9 Å². The molecule has 0 saturated carbocycles. The fourth-order valence-electron chi connectivity index (χ4n) is 2.90. The smallest absolute Gasteiger partial charge is 0.229 e. The number of nitrogens with one attached hydrogen (secondary N) is 2. The van der Waals surface area contributed by atoms with Crippen molar-refractivity contribution in [3.8, 4) is 21.8 Å². The van der Waals surface area contributed by atoms with Crippen LogP contribution in [-0.4, -0.2) is 40.2 Å². The Morgan fingerprint density at radius 2 is 2.09 bits per heavy atom. The van der Waals surface area contributed by atoms with E-state index < -0.39 is 5.82 Å². The maximum atomic E-state index is 13.4. The van der Waals surface area contributed by atoms with E-state index in [1.165, 1.54) is 23.5 Å². The van der Waals surface area contributed by atoms with Crippen LogP contribution in [0, 0.1) is 5.82 Å². The van der Waals surface area contributed by atoms with Crippen LogP contribution in [0.4, 0.5) is 21.8 Å². The van der Waals surface area contributed by atoms with Gasteiger partial charge < -0.3 is 15.4 Å². The van der Waals surface area contributed by atoms with E-state index >= 15 is 0 Å². The van der Waals surface area contributed by atoms with E-state index in [4.69, 9.17) is 21.3 Å². The van der Waals surface area contributed by atoms with Crippen LogP contribution in [0.2, 0.25) is 5.02 Å². The zero-order chi connectivity index (χ0) is 22.3. The van der Waals surface area contributed by atoms with Crippen molar-refractivity contribution in [3.05, 3.63) is 65.1 Å². The zero-order valence-corrected chi connectivity index (χ0v) is 18.8. The fourth-order valence-corrected chi connectivity index (χ4v) is 3.92. The lowest BCUT2D eigenvalue weighted by Crippen LogP contribution is -2.09. The third kappa shape index (κ3) is 5.37. The van der Waals surface area contributed by atoms with Gasteiger partial charge in [0.25, 0.3) is 0 Å². The molecule has 0 aliphatic rings. The maximum Gasteiger partial charge on any atom is 0.229 e. The van der Waals surface area contributed by atoms with Gasteiger partial charge in [0.1, 0.15) is 16.6 Å². The van der Waals surface area contributed by atoms with Gasteiger partial charge in [0.05, 0.1) is 16.3 Å². The summed E-state index contributed by atoms with van der Waals surface area (Å²) in [4.78, 5) is 17.9. The first-order valence-corrected chi connectivity index (χ1v) is 11.1. The van der Waals surface area contributed by atoms with Gasteiger partial charge in [0.2, 0.25) is 5.95 Å². The number of hydrogen-bond acceptors (Lipinski definition) is 8. The molecule has 3 heterocycles. The standard InChI is InChI=1S/C22H20ClFN6OS/c1-31-9-3-8-26-20-16(21-29-19(13-32-21)14-4-2-7-25-11-14)12-27-22(30-20)28-15-5-6-18(24)17(23)10-15/h2,4-7,10-13H,3,8-9H2,1H3,(H2,26,27,28,30). The number of hydrogen-bond donors (Lipinski definition) is 2. The van der Waals surface area contributed by atoms with Crippen molar-refractivity contribution < 1.29 is 9.13 Å². The van der Waals surface area contributed by atoms with Gasteiger partial charge in [-0.25, -0.2) is 14.4 Å². The van der Waals surface area contributed by atoms with E-state index in [-0.39, 0.29) is 5.02 Å². The Hall–Kier alpha value is -3.14. The molecule has 0 aliphatic carbocycles. The van der Waals surface area contributed by atoms with E-state index in [1.807, 2.05) is 17.5 Å². The minimum Gasteiger partial charge on any atom is -0.385 e. The Kier molecular flexibility index (Phi) is 7.21. The molecule has 10 heteroatoms. The quantitative estimate of drug-likeness (QED) is 0.306. The van der Waals surface area contributed by atoms with Gasteiger partial charge in [-0.1, -0.05) is 11.6 Å². The molecule has 0 aliphatic heterocycles. The summed E-state index contributed by atoms with van der Waals surface area (Å²) in [6.07, 6.45) is 6.03. The van der Waals surface area contributed by atoms with Crippen LogP contribution in [0.3, 0.4) is 0 Å². The van der Waals surface area contributed by atoms with E-state index in [2.05, 4.69) is 25.6 Å². The largest absolute Gasteiger partial charge is 0.385 e. The molecule has 4 aromatic rings. The lowest BCUT2D eigenvalue weighted by Gasteiger charge is -2.12. The van der Waals surface area contributed by atoms with Crippen molar-refractivity contribution in [3.63, 3.8) is 0 Å². The second kappa shape index (κ2) is 10.4. The van der Waals surface area contributed by atoms with Crippen molar-refractivity contribution in [2.45, 2.75) is 6.42 Å². The van der Waals surface area contributed by atoms with Crippen molar-refractivity contribution in [2.75, 3.05) is 30.9 Å². The van der Waals surface area contributed by atoms with E-state index in [1.54, 1.807) is 31.8 Å². The van der Waals surface area contributed by atoms with Gasteiger partial charge >= 0.3 is 0 Å². The molecule has 3 aromatic heterocycles. The first-order chi connectivity index (χ1) is 15.6. The summed E-state index contributed by atoms with van der Waals surface area (Å²) in [5.41, 5.74) is 3.15. The summed E-state index contributed by atoms with van der Waals surface area (Å²) in [5.74, 6) is 0.510. The molecule has 0 radical (unpaired) electrons. The second-order valence-corrected chi connectivity index (χ2v) is 8.03. The van der Waals surface area contributed by atoms with Crippen LogP contribution in [0.1, 0.15) is 6.42 Å². The predicted molar refractivity (Wildman–Crippen MR) is 126 cm³/mol. The Morgan fingerprint density at radius 1 is 1.19 bits per heavy atom. The fraction of sp³-hybridized carbons (Fsp3) is 0.182. The van der Waals surface area contributed by atoms with Gasteiger partial charge in [-0.2, -0.15) is 4.98 Å². The third-order valence-corrected chi connectivity index (χ3v) is 5.64. The molecule has 0 saturated heterocycles. The second-order valence-electron chi connectivity index (χ2n) is 6.76. The van der Waals surface area contributed by atoms with Crippen LogP contribution >= 0.6 is 22.9 Å². The molecule has 0 atom stereocenters. The Morgan fingerprint density at radius 3 is 2.88 bits per heavy atom. The van der Waals surface area contributed by atoms with Crippen LogP contribution in [-0.2, 0) is 4.74 Å². The molecular formula is C22H20ClFN6OS. The molecule has 0 spiro atoms. The number of halogens is 2. The molecular weight excluding hydrogens is 451 g/mol. The minimum absolute atomic E-state index is 0.0234. The summed E-state index contributed by atoms with van der Waals surface area (Å²) >= 11 is 7.38. The SMILES string of the molecule is COCCCNc1nc(Nc2ccc(F)c(Cl)c2)ncc1-c1nc(-c2cccnc2)cs1. The molecule has 0 amide bonds. The summed E-state index contributed by atoms with van der Waals surface area (Å²) < 4.78 is 18.6. The summed E-state index contributed by atoms with van der Waals surface area (Å²) in [6.45, 7) is 1.30. The first kappa shape index (κ1) is 22.1. The number of pyridine rings is 1. The highest BCUT2D eigenvalue weighted by atomic mass is 35.5. The third-order valence-electron chi connectivity index (χ3n) is 4.47. The van der Waals surface area contributed by atoms with Gasteiger partial charge in [-0.15, -0.1) is 11.3 Å². The summed E-state index contributed by atoms with van der Waals surface area (Å²) in [5, 5.41) is 9.19. The van der Waals surface area contributed by atoms with E-state index in [0.29, 0.717) is 30.6 Å². The number of rotatable bonds is 9. The molecule has 1 aromatic carbocycles. The van der Waals surface area contributed by atoms with Crippen LogP contribution in [0.5, 0.6) is 0 Å². The molecule has 7 nitrogen and oxygen atoms in total. The van der Waals surface area contributed by atoms with Gasteiger partial charge in [0, 0.05) is 55.5 Å². The topological polar surface area (TPSA) is 84.9 Å². The molecule has 0 bridgehead atoms. The van der Waals surface area contributed by atoms with Gasteiger partial charge in [-0.05, 0) is 36.8 Å². The monoisotopic (exact) mass is 470 g/mol. The Balaban J connectivity index is 1.62. The zero-order valence-electron chi connectivity index (χ0n) is 17.2. The average molecular weight is 471 g/mol. The summed E-state index contributed by atoms with van der Waals surface area (Å²) in [7, 11) is 1.67. The number of ether oxygens (including phenoxy) is 1. The van der Waals surface area contributed by atoms with Crippen molar-refractivity contribution >= 4 is 40.4 Å². The molecule has 32 heavy (non-hydrogen) atoms. The number of benzene rings is 1. The number of aromatic nitrogens is 4. The first-order valence-electron chi connectivity index (χ1n) is 9.82. The van der Waals surface area contributed by atoms with Crippen LogP contribution in [0.15, 0.2) is 54.3 Å². The molecule has 164 valence electrons. The maximum absolute atomic E-state index is 13.4. The molecule has 0 unspecified atom stereocenters. The molecule has 2 N–H and O–H groups in total. The van der Waals surface area contributed by atoms with Crippen molar-refractivity contribution in [2.24, 2.45) is 0 Å². The average Bonchev–Trinajstić information content (AvgIpc) is 3.30. The van der Waals surface area contributed by atoms with E-state index in [0.717, 1.165) is 28.2 Å². The van der Waals surface area contributed by atoms with Crippen molar-refractivity contribution in [1.29, 1.82) is 0 Å². The highest BCUT2D eigenvalue weighted by molar-refractivity contribution is 7.13. The van der Waals surface area contributed by atoms with Crippen LogP contribution < -0.4 is 10.6 Å². The van der Waals surface area contributed by atoms with Gasteiger partial charge in [0.15, 0.2) is 0 Å². The lowest BCUT2D eigenvalue weighted by atomic mass is 10.2. The van der Waals surface area contributed by atoms with Crippen LogP contribution in [0.25, 0.3) is 21.8 Å². The Labute approximate surface area is 193 Å². The number of anilines is 3. The van der Waals surface area contributed by atoms with Gasteiger partial charge in [-0.3, -0.25) is 4.98 Å². The predicted octanol–water partition coefficient (Wildman–Crippen LogP) is 5.65. The minimum atomic E-state index is -0.484. The highest BCUT2D eigenvalue weighted by Gasteiger charge is 2.14. The molecule has 0 fully saturated rings. The number of nitrogens with zero attached hydrogens (tertiary/aromatic N) is 4. The lowest BCUT2D eigenvalue weighted by molar-refractivity contribution is 0.198. The Bertz CT molecular complexity index is 1190. The number of methoxy groups -OCH3 is 1. The number of thiazole rings is 1. The normalized spacial score (nSPS) is 10.8.